The highest BCUT2D eigenvalue weighted by atomic mass is 16.5. The molecule has 1 aliphatic rings. The summed E-state index contributed by atoms with van der Waals surface area (Å²) < 4.78 is 7.41. The van der Waals surface area contributed by atoms with Crippen molar-refractivity contribution < 1.29 is 9.53 Å². The molecule has 1 amide bonds. The number of fused-ring (bicyclic) bond motifs is 1. The van der Waals surface area contributed by atoms with Crippen LogP contribution in [0, 0.1) is 0 Å². The van der Waals surface area contributed by atoms with Crippen molar-refractivity contribution in [3.05, 3.63) is 84.3 Å². The number of amides is 1. The fourth-order valence-electron chi connectivity index (χ4n) is 4.21. The lowest BCUT2D eigenvalue weighted by Gasteiger charge is -2.34. The Bertz CT molecular complexity index is 1210. The first kappa shape index (κ1) is 20.1. The number of piperazine rings is 1. The van der Waals surface area contributed by atoms with Crippen molar-refractivity contribution in [1.82, 2.24) is 19.4 Å². The van der Waals surface area contributed by atoms with E-state index in [-0.39, 0.29) is 5.91 Å². The van der Waals surface area contributed by atoms with Gasteiger partial charge in [0.05, 0.1) is 12.7 Å². The molecule has 3 heterocycles. The summed E-state index contributed by atoms with van der Waals surface area (Å²) >= 11 is 0. The van der Waals surface area contributed by atoms with E-state index < -0.39 is 0 Å². The summed E-state index contributed by atoms with van der Waals surface area (Å²) in [6.07, 6.45) is 5.49. The number of hydrogen-bond donors (Lipinski definition) is 0. The normalized spacial score (nSPS) is 14.0. The Hall–Kier alpha value is -3.87. The quantitative estimate of drug-likeness (QED) is 0.488. The third kappa shape index (κ3) is 3.89. The van der Waals surface area contributed by atoms with Gasteiger partial charge in [-0.25, -0.2) is 9.97 Å². The summed E-state index contributed by atoms with van der Waals surface area (Å²) in [5.41, 5.74) is 2.96. The van der Waals surface area contributed by atoms with E-state index in [0.29, 0.717) is 19.6 Å². The van der Waals surface area contributed by atoms with Crippen LogP contribution in [0.5, 0.6) is 5.75 Å². The van der Waals surface area contributed by atoms with Crippen LogP contribution in [0.25, 0.3) is 10.9 Å². The Balaban J connectivity index is 1.36. The minimum absolute atomic E-state index is 0.0725. The molecule has 0 N–H and O–H groups in total. The predicted octanol–water partition coefficient (Wildman–Crippen LogP) is 3.45. The zero-order chi connectivity index (χ0) is 21.9. The molecule has 32 heavy (non-hydrogen) atoms. The van der Waals surface area contributed by atoms with Gasteiger partial charge in [0, 0.05) is 62.2 Å². The Morgan fingerprint density at radius 1 is 0.938 bits per heavy atom. The summed E-state index contributed by atoms with van der Waals surface area (Å²) in [5.74, 6) is 1.63. The van der Waals surface area contributed by atoms with E-state index in [0.717, 1.165) is 46.8 Å². The van der Waals surface area contributed by atoms with E-state index in [1.165, 1.54) is 0 Å². The average molecular weight is 428 g/mol. The number of nitrogens with zero attached hydrogens (tertiary/aromatic N) is 5. The largest absolute Gasteiger partial charge is 0.497 e. The van der Waals surface area contributed by atoms with Crippen LogP contribution in [0.2, 0.25) is 0 Å². The SMILES string of the molecule is COc1ccc(Cn2cc(C(=O)N3CCN(c4ncccn4)CC3)c3ccccc32)cc1. The molecule has 2 aromatic heterocycles. The number of para-hydroxylation sites is 1. The number of benzene rings is 2. The molecule has 4 aromatic rings. The van der Waals surface area contributed by atoms with Crippen molar-refractivity contribution in [2.75, 3.05) is 38.2 Å². The number of ether oxygens (including phenoxy) is 1. The molecule has 0 aliphatic carbocycles. The van der Waals surface area contributed by atoms with Crippen LogP contribution in [0.4, 0.5) is 5.95 Å². The number of methoxy groups -OCH3 is 1. The molecular formula is C25H25N5O2. The van der Waals surface area contributed by atoms with Gasteiger partial charge in [0.2, 0.25) is 5.95 Å². The van der Waals surface area contributed by atoms with Crippen LogP contribution in [0.1, 0.15) is 15.9 Å². The molecule has 1 fully saturated rings. The molecule has 0 radical (unpaired) electrons. The van der Waals surface area contributed by atoms with Gasteiger partial charge in [-0.3, -0.25) is 4.79 Å². The van der Waals surface area contributed by atoms with E-state index in [4.69, 9.17) is 4.74 Å². The van der Waals surface area contributed by atoms with E-state index in [9.17, 15) is 4.79 Å². The lowest BCUT2D eigenvalue weighted by molar-refractivity contribution is 0.0748. The lowest BCUT2D eigenvalue weighted by atomic mass is 10.1. The first-order valence-electron chi connectivity index (χ1n) is 10.7. The first-order chi connectivity index (χ1) is 15.7. The molecule has 0 saturated carbocycles. The van der Waals surface area contributed by atoms with Crippen LogP contribution in [-0.4, -0.2) is 58.6 Å². The molecule has 0 atom stereocenters. The van der Waals surface area contributed by atoms with Gasteiger partial charge in [0.1, 0.15) is 5.75 Å². The molecule has 2 aromatic carbocycles. The zero-order valence-corrected chi connectivity index (χ0v) is 18.0. The summed E-state index contributed by atoms with van der Waals surface area (Å²) in [6.45, 7) is 3.43. The molecule has 0 spiro atoms. The van der Waals surface area contributed by atoms with Gasteiger partial charge < -0.3 is 19.1 Å². The number of carbonyl (C=O) groups excluding carboxylic acids is 1. The Kier molecular flexibility index (Phi) is 5.46. The zero-order valence-electron chi connectivity index (χ0n) is 18.0. The molecule has 0 unspecified atom stereocenters. The molecule has 1 saturated heterocycles. The average Bonchev–Trinajstić information content (AvgIpc) is 3.23. The molecule has 0 bridgehead atoms. The number of anilines is 1. The second-order valence-corrected chi connectivity index (χ2v) is 7.86. The van der Waals surface area contributed by atoms with Crippen LogP contribution in [0.3, 0.4) is 0 Å². The number of carbonyl (C=O) groups is 1. The lowest BCUT2D eigenvalue weighted by Crippen LogP contribution is -2.49. The van der Waals surface area contributed by atoms with E-state index in [1.54, 1.807) is 19.5 Å². The topological polar surface area (TPSA) is 63.5 Å². The second kappa shape index (κ2) is 8.70. The summed E-state index contributed by atoms with van der Waals surface area (Å²) in [5, 5.41) is 0.986. The van der Waals surface area contributed by atoms with Gasteiger partial charge in [-0.2, -0.15) is 0 Å². The van der Waals surface area contributed by atoms with Gasteiger partial charge in [0.25, 0.3) is 5.91 Å². The molecule has 162 valence electrons. The highest BCUT2D eigenvalue weighted by molar-refractivity contribution is 6.07. The van der Waals surface area contributed by atoms with Crippen molar-refractivity contribution in [2.24, 2.45) is 0 Å². The predicted molar refractivity (Wildman–Crippen MR) is 124 cm³/mol. The van der Waals surface area contributed by atoms with Crippen molar-refractivity contribution in [3.8, 4) is 5.75 Å². The minimum atomic E-state index is 0.0725. The second-order valence-electron chi connectivity index (χ2n) is 7.86. The van der Waals surface area contributed by atoms with Crippen LogP contribution in [-0.2, 0) is 6.54 Å². The highest BCUT2D eigenvalue weighted by Gasteiger charge is 2.25. The molecular weight excluding hydrogens is 402 g/mol. The third-order valence-electron chi connectivity index (χ3n) is 5.93. The smallest absolute Gasteiger partial charge is 0.256 e. The standard InChI is InChI=1S/C25H25N5O2/c1-32-20-9-7-19(8-10-20)17-30-18-22(21-5-2-3-6-23(21)30)24(31)28-13-15-29(16-14-28)25-26-11-4-12-27-25/h2-12,18H,13-17H2,1H3. The van der Waals surface area contributed by atoms with Crippen LogP contribution < -0.4 is 9.64 Å². The van der Waals surface area contributed by atoms with Crippen molar-refractivity contribution >= 4 is 22.8 Å². The molecule has 1 aliphatic heterocycles. The Morgan fingerprint density at radius 2 is 1.66 bits per heavy atom. The summed E-state index contributed by atoms with van der Waals surface area (Å²) in [4.78, 5) is 26.2. The maximum Gasteiger partial charge on any atom is 0.256 e. The van der Waals surface area contributed by atoms with E-state index in [1.807, 2.05) is 47.5 Å². The number of rotatable bonds is 5. The number of aromatic nitrogens is 3. The first-order valence-corrected chi connectivity index (χ1v) is 10.7. The highest BCUT2D eigenvalue weighted by Crippen LogP contribution is 2.25. The monoisotopic (exact) mass is 427 g/mol. The van der Waals surface area contributed by atoms with Crippen LogP contribution >= 0.6 is 0 Å². The van der Waals surface area contributed by atoms with Gasteiger partial charge in [0.15, 0.2) is 0 Å². The van der Waals surface area contributed by atoms with Crippen molar-refractivity contribution in [1.29, 1.82) is 0 Å². The Morgan fingerprint density at radius 3 is 2.38 bits per heavy atom. The fraction of sp³-hybridized carbons (Fsp3) is 0.240. The van der Waals surface area contributed by atoms with Gasteiger partial charge >= 0.3 is 0 Å². The number of hydrogen-bond acceptors (Lipinski definition) is 5. The van der Waals surface area contributed by atoms with Crippen molar-refractivity contribution in [2.45, 2.75) is 6.54 Å². The van der Waals surface area contributed by atoms with Crippen molar-refractivity contribution in [3.63, 3.8) is 0 Å². The van der Waals surface area contributed by atoms with Crippen LogP contribution in [0.15, 0.2) is 73.2 Å². The van der Waals surface area contributed by atoms with Gasteiger partial charge in [-0.05, 0) is 29.8 Å². The Labute approximate surface area is 186 Å². The maximum atomic E-state index is 13.5. The van der Waals surface area contributed by atoms with Gasteiger partial charge in [-0.1, -0.05) is 30.3 Å². The van der Waals surface area contributed by atoms with E-state index >= 15 is 0 Å². The maximum absolute atomic E-state index is 13.5. The van der Waals surface area contributed by atoms with Gasteiger partial charge in [-0.15, -0.1) is 0 Å². The molecule has 7 nitrogen and oxygen atoms in total. The fourth-order valence-corrected chi connectivity index (χ4v) is 4.21. The third-order valence-corrected chi connectivity index (χ3v) is 5.93. The van der Waals surface area contributed by atoms with E-state index in [2.05, 4.69) is 37.6 Å². The molecule has 7 heteroatoms. The minimum Gasteiger partial charge on any atom is -0.497 e. The summed E-state index contributed by atoms with van der Waals surface area (Å²) in [7, 11) is 1.67. The molecule has 5 rings (SSSR count). The summed E-state index contributed by atoms with van der Waals surface area (Å²) in [6, 6.07) is 17.9.